The summed E-state index contributed by atoms with van der Waals surface area (Å²) in [6.07, 6.45) is 0. The summed E-state index contributed by atoms with van der Waals surface area (Å²) in [5.74, 6) is 1.57. The molecule has 1 atom stereocenters. The van der Waals surface area contributed by atoms with Gasteiger partial charge in [0.25, 0.3) is 0 Å². The smallest absolute Gasteiger partial charge is 0.0359 e. The summed E-state index contributed by atoms with van der Waals surface area (Å²) in [4.78, 5) is 4.86. The van der Waals surface area contributed by atoms with Crippen LogP contribution in [0.4, 0.5) is 0 Å². The molecule has 0 amide bonds. The topological polar surface area (TPSA) is 35.6 Å². The number of likely N-dealkylation sites (N-methyl/N-ethyl adjacent to an activating group) is 1. The van der Waals surface area contributed by atoms with E-state index in [1.165, 1.54) is 26.2 Å². The van der Waals surface area contributed by atoms with Gasteiger partial charge in [-0.25, -0.2) is 0 Å². The maximum Gasteiger partial charge on any atom is 0.0359 e. The van der Waals surface area contributed by atoms with Crippen molar-refractivity contribution in [3.05, 3.63) is 0 Å². The molecule has 1 aliphatic heterocycles. The lowest BCUT2D eigenvalue weighted by Gasteiger charge is -2.32. The highest BCUT2D eigenvalue weighted by Gasteiger charge is 2.12. The van der Waals surface area contributed by atoms with Gasteiger partial charge in [-0.2, -0.15) is 0 Å². The van der Waals surface area contributed by atoms with E-state index in [0.717, 1.165) is 31.1 Å². The molecular formula is C11H25N3OS. The van der Waals surface area contributed by atoms with Crippen LogP contribution in [-0.4, -0.2) is 78.4 Å². The predicted molar refractivity (Wildman–Crippen MR) is 70.4 cm³/mol. The van der Waals surface area contributed by atoms with E-state index in [1.807, 2.05) is 6.92 Å². The van der Waals surface area contributed by atoms with Crippen molar-refractivity contribution in [2.45, 2.75) is 6.92 Å². The monoisotopic (exact) mass is 247 g/mol. The zero-order valence-electron chi connectivity index (χ0n) is 10.6. The Morgan fingerprint density at radius 1 is 1.19 bits per heavy atom. The molecule has 0 aliphatic carbocycles. The molecule has 5 heteroatoms. The van der Waals surface area contributed by atoms with Crippen LogP contribution in [0.2, 0.25) is 0 Å². The van der Waals surface area contributed by atoms with Gasteiger partial charge in [-0.05, 0) is 7.05 Å². The highest BCUT2D eigenvalue weighted by Crippen LogP contribution is 1.97. The molecule has 0 aromatic heterocycles. The molecule has 0 radical (unpaired) electrons. The maximum atomic E-state index is 11.2. The maximum absolute atomic E-state index is 11.2. The second-order valence-electron chi connectivity index (χ2n) is 4.33. The van der Waals surface area contributed by atoms with Gasteiger partial charge < -0.3 is 10.2 Å². The Kier molecular flexibility index (Phi) is 7.20. The number of nitrogens with zero attached hydrogens (tertiary/aromatic N) is 2. The Balaban J connectivity index is 1.93. The number of nitrogens with one attached hydrogen (secondary N) is 1. The standard InChI is InChI=1S/C11H25N3OS/c1-3-16(15)11-5-12-4-6-14-9-7-13(2)8-10-14/h12H,3-11H2,1-2H3. The highest BCUT2D eigenvalue weighted by molar-refractivity contribution is 7.84. The van der Waals surface area contributed by atoms with E-state index >= 15 is 0 Å². The van der Waals surface area contributed by atoms with Crippen LogP contribution in [0.1, 0.15) is 6.92 Å². The second-order valence-corrected chi connectivity index (χ2v) is 6.19. The number of hydrogen-bond acceptors (Lipinski definition) is 4. The van der Waals surface area contributed by atoms with Crippen LogP contribution in [0.25, 0.3) is 0 Å². The first kappa shape index (κ1) is 14.1. The molecule has 16 heavy (non-hydrogen) atoms. The fourth-order valence-electron chi connectivity index (χ4n) is 1.76. The quantitative estimate of drug-likeness (QED) is 0.621. The molecule has 0 aromatic rings. The van der Waals surface area contributed by atoms with E-state index in [0.29, 0.717) is 0 Å². The Morgan fingerprint density at radius 3 is 2.50 bits per heavy atom. The van der Waals surface area contributed by atoms with Crippen LogP contribution in [0.5, 0.6) is 0 Å². The molecule has 4 nitrogen and oxygen atoms in total. The minimum absolute atomic E-state index is 0.623. The van der Waals surface area contributed by atoms with E-state index in [-0.39, 0.29) is 0 Å². The van der Waals surface area contributed by atoms with Crippen molar-refractivity contribution in [3.8, 4) is 0 Å². The third-order valence-corrected chi connectivity index (χ3v) is 4.33. The van der Waals surface area contributed by atoms with Crippen molar-refractivity contribution < 1.29 is 4.21 Å². The Hall–Kier alpha value is 0.0300. The van der Waals surface area contributed by atoms with Crippen molar-refractivity contribution >= 4 is 10.8 Å². The van der Waals surface area contributed by atoms with Crippen molar-refractivity contribution in [1.82, 2.24) is 15.1 Å². The molecule has 0 bridgehead atoms. The lowest BCUT2D eigenvalue weighted by molar-refractivity contribution is 0.155. The van der Waals surface area contributed by atoms with Gasteiger partial charge >= 0.3 is 0 Å². The normalized spacial score (nSPS) is 21.1. The first-order valence-corrected chi connectivity index (χ1v) is 7.67. The van der Waals surface area contributed by atoms with E-state index in [9.17, 15) is 4.21 Å². The van der Waals surface area contributed by atoms with Crippen LogP contribution < -0.4 is 5.32 Å². The zero-order valence-corrected chi connectivity index (χ0v) is 11.4. The summed E-state index contributed by atoms with van der Waals surface area (Å²) < 4.78 is 11.2. The largest absolute Gasteiger partial charge is 0.315 e. The average Bonchev–Trinajstić information content (AvgIpc) is 2.31. The van der Waals surface area contributed by atoms with Gasteiger partial charge in [-0.15, -0.1) is 0 Å². The van der Waals surface area contributed by atoms with Gasteiger partial charge in [0, 0.05) is 68.1 Å². The van der Waals surface area contributed by atoms with Crippen molar-refractivity contribution in [1.29, 1.82) is 0 Å². The average molecular weight is 247 g/mol. The fourth-order valence-corrected chi connectivity index (χ4v) is 2.42. The number of hydrogen-bond donors (Lipinski definition) is 1. The summed E-state index contributed by atoms with van der Waals surface area (Å²) >= 11 is 0. The molecule has 1 aliphatic rings. The van der Waals surface area contributed by atoms with Gasteiger partial charge in [0.15, 0.2) is 0 Å². The number of piperazine rings is 1. The highest BCUT2D eigenvalue weighted by atomic mass is 32.2. The van der Waals surface area contributed by atoms with Crippen LogP contribution >= 0.6 is 0 Å². The molecule has 96 valence electrons. The molecular weight excluding hydrogens is 222 g/mol. The van der Waals surface area contributed by atoms with Crippen LogP contribution in [0.15, 0.2) is 0 Å². The summed E-state index contributed by atoms with van der Waals surface area (Å²) in [5.41, 5.74) is 0. The van der Waals surface area contributed by atoms with Crippen molar-refractivity contribution in [2.24, 2.45) is 0 Å². The van der Waals surface area contributed by atoms with Crippen LogP contribution in [-0.2, 0) is 10.8 Å². The molecule has 1 heterocycles. The minimum atomic E-state index is -0.623. The second kappa shape index (κ2) is 8.17. The van der Waals surface area contributed by atoms with Crippen molar-refractivity contribution in [3.63, 3.8) is 0 Å². The van der Waals surface area contributed by atoms with Crippen molar-refractivity contribution in [2.75, 3.05) is 64.4 Å². The lowest BCUT2D eigenvalue weighted by Crippen LogP contribution is -2.46. The third-order valence-electron chi connectivity index (χ3n) is 3.03. The van der Waals surface area contributed by atoms with Gasteiger partial charge in [0.2, 0.25) is 0 Å². The predicted octanol–water partition coefficient (Wildman–Crippen LogP) is -0.408. The van der Waals surface area contributed by atoms with Gasteiger partial charge in [-0.3, -0.25) is 9.11 Å². The SMILES string of the molecule is CCS(=O)CCNCCN1CCN(C)CC1. The Bertz CT molecular complexity index is 205. The molecule has 1 fully saturated rings. The van der Waals surface area contributed by atoms with Gasteiger partial charge in [0.05, 0.1) is 0 Å². The lowest BCUT2D eigenvalue weighted by atomic mass is 10.3. The van der Waals surface area contributed by atoms with Crippen LogP contribution in [0.3, 0.4) is 0 Å². The fraction of sp³-hybridized carbons (Fsp3) is 1.00. The molecule has 1 unspecified atom stereocenters. The Labute approximate surface area is 102 Å². The molecule has 1 N–H and O–H groups in total. The molecule has 0 aromatic carbocycles. The zero-order chi connectivity index (χ0) is 11.8. The third kappa shape index (κ3) is 5.94. The van der Waals surface area contributed by atoms with Gasteiger partial charge in [0.1, 0.15) is 0 Å². The summed E-state index contributed by atoms with van der Waals surface area (Å²) in [6.45, 7) is 9.71. The Morgan fingerprint density at radius 2 is 1.88 bits per heavy atom. The first-order chi connectivity index (χ1) is 7.72. The molecule has 0 spiro atoms. The van der Waals surface area contributed by atoms with E-state index in [4.69, 9.17) is 0 Å². The first-order valence-electron chi connectivity index (χ1n) is 6.19. The van der Waals surface area contributed by atoms with Crippen LogP contribution in [0, 0.1) is 0 Å². The van der Waals surface area contributed by atoms with Gasteiger partial charge in [-0.1, -0.05) is 6.92 Å². The molecule has 0 saturated carbocycles. The van der Waals surface area contributed by atoms with E-state index < -0.39 is 10.8 Å². The summed E-state index contributed by atoms with van der Waals surface area (Å²) in [6, 6.07) is 0. The molecule has 1 rings (SSSR count). The number of rotatable bonds is 7. The van der Waals surface area contributed by atoms with E-state index in [2.05, 4.69) is 22.2 Å². The summed E-state index contributed by atoms with van der Waals surface area (Å²) in [5, 5.41) is 3.36. The van der Waals surface area contributed by atoms with E-state index in [1.54, 1.807) is 0 Å². The minimum Gasteiger partial charge on any atom is -0.315 e. The summed E-state index contributed by atoms with van der Waals surface area (Å²) in [7, 11) is 1.55. The molecule has 1 saturated heterocycles.